The first-order valence-electron chi connectivity index (χ1n) is 5.61. The van der Waals surface area contributed by atoms with E-state index in [1.807, 2.05) is 0 Å². The third-order valence-electron chi connectivity index (χ3n) is 2.51. The van der Waals surface area contributed by atoms with Crippen LogP contribution in [0.4, 0.5) is 39.3 Å². The molecule has 1 heterocycles. The van der Waals surface area contributed by atoms with Crippen molar-refractivity contribution >= 4 is 17.3 Å². The van der Waals surface area contributed by atoms with Gasteiger partial charge in [0, 0.05) is 12.1 Å². The van der Waals surface area contributed by atoms with Gasteiger partial charge >= 0.3 is 6.18 Å². The van der Waals surface area contributed by atoms with Gasteiger partial charge in [-0.15, -0.1) is 0 Å². The Labute approximate surface area is 115 Å². The number of nitrogens with zero attached hydrogens (tertiary/aromatic N) is 2. The lowest BCUT2D eigenvalue weighted by Gasteiger charge is -2.11. The molecule has 2 aromatic rings. The molecule has 0 bridgehead atoms. The lowest BCUT2D eigenvalue weighted by Crippen LogP contribution is -2.13. The van der Waals surface area contributed by atoms with E-state index in [1.165, 1.54) is 6.92 Å². The number of hydrogen-bond acceptors (Lipinski definition) is 4. The second-order valence-electron chi connectivity index (χ2n) is 4.21. The molecule has 1 aromatic carbocycles. The van der Waals surface area contributed by atoms with Crippen molar-refractivity contribution in [2.24, 2.45) is 0 Å². The molecule has 0 atom stereocenters. The van der Waals surface area contributed by atoms with Gasteiger partial charge in [0.1, 0.15) is 23.3 Å². The Hall–Kier alpha value is -2.45. The van der Waals surface area contributed by atoms with Gasteiger partial charge in [-0.3, -0.25) is 0 Å². The van der Waals surface area contributed by atoms with Gasteiger partial charge in [0.05, 0.1) is 5.69 Å². The van der Waals surface area contributed by atoms with E-state index in [9.17, 15) is 22.0 Å². The normalized spacial score (nSPS) is 11.5. The lowest BCUT2D eigenvalue weighted by atomic mass is 10.2. The topological polar surface area (TPSA) is 63.8 Å². The zero-order valence-electron chi connectivity index (χ0n) is 10.6. The van der Waals surface area contributed by atoms with Crippen molar-refractivity contribution in [2.45, 2.75) is 13.1 Å². The van der Waals surface area contributed by atoms with Crippen molar-refractivity contribution in [3.8, 4) is 0 Å². The predicted octanol–water partition coefficient (Wildman–Crippen LogP) is 3.41. The Morgan fingerprint density at radius 1 is 1.05 bits per heavy atom. The smallest absolute Gasteiger partial charge is 0.384 e. The van der Waals surface area contributed by atoms with E-state index in [2.05, 4.69) is 15.3 Å². The van der Waals surface area contributed by atoms with Crippen LogP contribution in [0.25, 0.3) is 0 Å². The van der Waals surface area contributed by atoms with Crippen LogP contribution in [0.15, 0.2) is 18.2 Å². The number of aromatic nitrogens is 2. The molecule has 0 saturated carbocycles. The fourth-order valence-corrected chi connectivity index (χ4v) is 1.54. The van der Waals surface area contributed by atoms with Gasteiger partial charge < -0.3 is 11.1 Å². The first-order valence-corrected chi connectivity index (χ1v) is 5.61. The summed E-state index contributed by atoms with van der Waals surface area (Å²) < 4.78 is 64.6. The number of nitrogens with one attached hydrogen (secondary N) is 1. The standard InChI is InChI=1S/C12H9F5N4/c1-5-2-7(14)8(3-6(5)13)19-10-4-9(18)20-11(21-10)12(15,16)17/h2-4H,1H3,(H3,18,19,20,21). The fraction of sp³-hybridized carbons (Fsp3) is 0.167. The summed E-state index contributed by atoms with van der Waals surface area (Å²) in [4.78, 5) is 6.21. The molecule has 4 nitrogen and oxygen atoms in total. The SMILES string of the molecule is Cc1cc(F)c(Nc2cc(N)nc(C(F)(F)F)n2)cc1F. The molecule has 2 rings (SSSR count). The van der Waals surface area contributed by atoms with Crippen molar-refractivity contribution in [3.05, 3.63) is 41.2 Å². The van der Waals surface area contributed by atoms with Crippen LogP contribution in [-0.2, 0) is 6.18 Å². The van der Waals surface area contributed by atoms with Gasteiger partial charge in [-0.2, -0.15) is 13.2 Å². The predicted molar refractivity (Wildman–Crippen MR) is 65.8 cm³/mol. The maximum Gasteiger partial charge on any atom is 0.451 e. The number of nitrogens with two attached hydrogens (primary N) is 1. The Bertz CT molecular complexity index is 684. The molecule has 3 N–H and O–H groups in total. The van der Waals surface area contributed by atoms with E-state index >= 15 is 0 Å². The minimum Gasteiger partial charge on any atom is -0.384 e. The Morgan fingerprint density at radius 2 is 1.71 bits per heavy atom. The van der Waals surface area contributed by atoms with Crippen molar-refractivity contribution in [3.63, 3.8) is 0 Å². The van der Waals surface area contributed by atoms with Crippen LogP contribution in [0.5, 0.6) is 0 Å². The summed E-state index contributed by atoms with van der Waals surface area (Å²) in [5.74, 6) is -3.86. The summed E-state index contributed by atoms with van der Waals surface area (Å²) in [6, 6.07) is 2.70. The molecule has 0 radical (unpaired) electrons. The third kappa shape index (κ3) is 3.36. The van der Waals surface area contributed by atoms with Gasteiger partial charge in [0.15, 0.2) is 0 Å². The largest absolute Gasteiger partial charge is 0.451 e. The number of nitrogen functional groups attached to an aromatic ring is 1. The molecule has 9 heteroatoms. The highest BCUT2D eigenvalue weighted by molar-refractivity contribution is 5.59. The van der Waals surface area contributed by atoms with Crippen molar-refractivity contribution < 1.29 is 22.0 Å². The average Bonchev–Trinajstić information content (AvgIpc) is 2.34. The van der Waals surface area contributed by atoms with E-state index in [1.54, 1.807) is 0 Å². The van der Waals surface area contributed by atoms with Crippen molar-refractivity contribution in [2.75, 3.05) is 11.1 Å². The molecule has 0 unspecified atom stereocenters. The highest BCUT2D eigenvalue weighted by atomic mass is 19.4. The Balaban J connectivity index is 2.40. The van der Waals surface area contributed by atoms with E-state index in [4.69, 9.17) is 5.73 Å². The first kappa shape index (κ1) is 14.9. The fourth-order valence-electron chi connectivity index (χ4n) is 1.54. The van der Waals surface area contributed by atoms with Crippen LogP contribution in [0.3, 0.4) is 0 Å². The summed E-state index contributed by atoms with van der Waals surface area (Å²) in [6.07, 6.45) is -4.80. The molecule has 0 fully saturated rings. The number of alkyl halides is 3. The molecule has 0 aliphatic heterocycles. The van der Waals surface area contributed by atoms with Gasteiger partial charge in [0.2, 0.25) is 5.82 Å². The zero-order valence-corrected chi connectivity index (χ0v) is 10.6. The quantitative estimate of drug-likeness (QED) is 0.835. The molecule has 0 saturated heterocycles. The molecule has 0 aliphatic carbocycles. The van der Waals surface area contributed by atoms with Crippen LogP contribution < -0.4 is 11.1 Å². The molecular weight excluding hydrogens is 295 g/mol. The second-order valence-corrected chi connectivity index (χ2v) is 4.21. The summed E-state index contributed by atoms with van der Waals surface area (Å²) in [5.41, 5.74) is 4.95. The van der Waals surface area contributed by atoms with Crippen LogP contribution in [0.2, 0.25) is 0 Å². The maximum atomic E-state index is 13.6. The van der Waals surface area contributed by atoms with E-state index in [0.29, 0.717) is 0 Å². The van der Waals surface area contributed by atoms with Gasteiger partial charge in [-0.25, -0.2) is 18.7 Å². The summed E-state index contributed by atoms with van der Waals surface area (Å²) in [5, 5.41) is 2.25. The molecule has 1 aromatic heterocycles. The van der Waals surface area contributed by atoms with E-state index in [-0.39, 0.29) is 11.3 Å². The molecular formula is C12H9F5N4. The average molecular weight is 304 g/mol. The third-order valence-corrected chi connectivity index (χ3v) is 2.51. The Morgan fingerprint density at radius 3 is 2.33 bits per heavy atom. The number of hydrogen-bond donors (Lipinski definition) is 2. The highest BCUT2D eigenvalue weighted by Gasteiger charge is 2.35. The summed E-state index contributed by atoms with van der Waals surface area (Å²) in [7, 11) is 0. The number of rotatable bonds is 2. The number of anilines is 3. The van der Waals surface area contributed by atoms with Crippen LogP contribution in [-0.4, -0.2) is 9.97 Å². The van der Waals surface area contributed by atoms with Gasteiger partial charge in [-0.1, -0.05) is 0 Å². The minimum absolute atomic E-state index is 0.0660. The molecule has 0 amide bonds. The molecule has 21 heavy (non-hydrogen) atoms. The molecule has 0 aliphatic rings. The van der Waals surface area contributed by atoms with Crippen LogP contribution in [0.1, 0.15) is 11.4 Å². The number of benzene rings is 1. The number of aryl methyl sites for hydroxylation is 1. The van der Waals surface area contributed by atoms with Crippen molar-refractivity contribution in [1.82, 2.24) is 9.97 Å². The molecule has 0 spiro atoms. The van der Waals surface area contributed by atoms with Crippen LogP contribution >= 0.6 is 0 Å². The molecule has 112 valence electrons. The summed E-state index contributed by atoms with van der Waals surface area (Å²) >= 11 is 0. The van der Waals surface area contributed by atoms with E-state index < -0.39 is 35.3 Å². The zero-order chi connectivity index (χ0) is 15.8. The number of halogens is 5. The Kier molecular flexibility index (Phi) is 3.67. The lowest BCUT2D eigenvalue weighted by molar-refractivity contribution is -0.144. The highest BCUT2D eigenvalue weighted by Crippen LogP contribution is 2.29. The first-order chi connectivity index (χ1) is 9.66. The second kappa shape index (κ2) is 5.15. The monoisotopic (exact) mass is 304 g/mol. The minimum atomic E-state index is -4.80. The van der Waals surface area contributed by atoms with Gasteiger partial charge in [-0.05, 0) is 18.6 Å². The van der Waals surface area contributed by atoms with Crippen LogP contribution in [0, 0.1) is 18.6 Å². The van der Waals surface area contributed by atoms with Crippen molar-refractivity contribution in [1.29, 1.82) is 0 Å². The summed E-state index contributed by atoms with van der Waals surface area (Å²) in [6.45, 7) is 1.35. The van der Waals surface area contributed by atoms with E-state index in [0.717, 1.165) is 18.2 Å². The maximum absolute atomic E-state index is 13.6. The van der Waals surface area contributed by atoms with Gasteiger partial charge in [0.25, 0.3) is 0 Å².